The number of imidazole rings is 1. The summed E-state index contributed by atoms with van der Waals surface area (Å²) in [5.74, 6) is 0.0243. The molecule has 2 aromatic carbocycles. The molecule has 1 aliphatic carbocycles. The smallest absolute Gasteiger partial charge is 0.258 e. The predicted octanol–water partition coefficient (Wildman–Crippen LogP) is 5.87. The van der Waals surface area contributed by atoms with Gasteiger partial charge in [0.2, 0.25) is 0 Å². The van der Waals surface area contributed by atoms with Crippen molar-refractivity contribution in [1.29, 1.82) is 0 Å². The molecule has 1 amide bonds. The molecule has 34 heavy (non-hydrogen) atoms. The molecule has 7 heteroatoms. The Kier molecular flexibility index (Phi) is 4.79. The lowest BCUT2D eigenvalue weighted by Gasteiger charge is -2.15. The van der Waals surface area contributed by atoms with E-state index in [9.17, 15) is 9.18 Å². The van der Waals surface area contributed by atoms with E-state index in [0.29, 0.717) is 24.0 Å². The van der Waals surface area contributed by atoms with Crippen molar-refractivity contribution < 1.29 is 13.9 Å². The van der Waals surface area contributed by atoms with Crippen LogP contribution in [0.25, 0.3) is 16.9 Å². The molecule has 1 N–H and O–H groups in total. The monoisotopic (exact) mass is 456 g/mol. The second kappa shape index (κ2) is 7.87. The van der Waals surface area contributed by atoms with Crippen LogP contribution in [0.5, 0.6) is 5.75 Å². The van der Waals surface area contributed by atoms with Gasteiger partial charge in [0.25, 0.3) is 5.91 Å². The lowest BCUT2D eigenvalue weighted by atomic mass is 10.1. The Morgan fingerprint density at radius 1 is 1.21 bits per heavy atom. The molecule has 4 aromatic rings. The molecule has 6 rings (SSSR count). The van der Waals surface area contributed by atoms with E-state index in [4.69, 9.17) is 4.74 Å². The van der Waals surface area contributed by atoms with Gasteiger partial charge in [-0.3, -0.25) is 4.79 Å². The number of nitrogens with one attached hydrogen (secondary N) is 1. The first-order chi connectivity index (χ1) is 16.5. The number of hydrogen-bond donors (Lipinski definition) is 1. The van der Waals surface area contributed by atoms with E-state index in [1.807, 2.05) is 48.1 Å². The van der Waals surface area contributed by atoms with Crippen molar-refractivity contribution in [2.24, 2.45) is 0 Å². The van der Waals surface area contributed by atoms with Gasteiger partial charge in [0.05, 0.1) is 40.7 Å². The minimum atomic E-state index is -0.563. The fraction of sp³-hybridized carbons (Fsp3) is 0.259. The van der Waals surface area contributed by atoms with Gasteiger partial charge in [0.1, 0.15) is 12.4 Å². The first-order valence-electron chi connectivity index (χ1n) is 11.6. The molecule has 1 atom stereocenters. The summed E-state index contributed by atoms with van der Waals surface area (Å²) < 4.78 is 25.1. The number of rotatable bonds is 4. The third-order valence-corrected chi connectivity index (χ3v) is 6.67. The van der Waals surface area contributed by atoms with E-state index in [2.05, 4.69) is 21.8 Å². The van der Waals surface area contributed by atoms with Crippen molar-refractivity contribution in [2.45, 2.75) is 38.6 Å². The van der Waals surface area contributed by atoms with Crippen LogP contribution in [0.3, 0.4) is 0 Å². The summed E-state index contributed by atoms with van der Waals surface area (Å²) in [6.07, 6.45) is 8.04. The second-order valence-corrected chi connectivity index (χ2v) is 9.20. The number of ether oxygens (including phenoxy) is 1. The number of fused-ring (bicyclic) bond motifs is 3. The summed E-state index contributed by atoms with van der Waals surface area (Å²) in [7, 11) is 0. The van der Waals surface area contributed by atoms with E-state index in [1.165, 1.54) is 6.07 Å². The molecular weight excluding hydrogens is 431 g/mol. The summed E-state index contributed by atoms with van der Waals surface area (Å²) >= 11 is 0. The fourth-order valence-electron chi connectivity index (χ4n) is 4.65. The van der Waals surface area contributed by atoms with Gasteiger partial charge in [-0.25, -0.2) is 9.37 Å². The molecule has 0 bridgehead atoms. The van der Waals surface area contributed by atoms with Gasteiger partial charge in [0.15, 0.2) is 5.75 Å². The highest BCUT2D eigenvalue weighted by Gasteiger charge is 2.27. The summed E-state index contributed by atoms with van der Waals surface area (Å²) in [5, 5.41) is 2.89. The van der Waals surface area contributed by atoms with Crippen LogP contribution in [0, 0.1) is 12.7 Å². The summed E-state index contributed by atoms with van der Waals surface area (Å²) in [6, 6.07) is 12.8. The lowest BCUT2D eigenvalue weighted by Crippen LogP contribution is -2.16. The molecule has 2 aliphatic rings. The largest absolute Gasteiger partial charge is 0.489 e. The maximum absolute atomic E-state index is 14.9. The van der Waals surface area contributed by atoms with Crippen molar-refractivity contribution in [3.05, 3.63) is 83.8 Å². The van der Waals surface area contributed by atoms with Crippen LogP contribution in [-0.2, 0) is 0 Å². The molecule has 0 radical (unpaired) electrons. The quantitative estimate of drug-likeness (QED) is 0.418. The molecular formula is C27H25FN4O2. The number of benzene rings is 2. The maximum Gasteiger partial charge on any atom is 0.258 e. The predicted molar refractivity (Wildman–Crippen MR) is 128 cm³/mol. The highest BCUT2D eigenvalue weighted by Crippen LogP contribution is 2.41. The Balaban J connectivity index is 1.34. The molecule has 6 nitrogen and oxygen atoms in total. The van der Waals surface area contributed by atoms with Crippen LogP contribution < -0.4 is 10.1 Å². The minimum Gasteiger partial charge on any atom is -0.489 e. The van der Waals surface area contributed by atoms with Gasteiger partial charge in [-0.15, -0.1) is 0 Å². The molecule has 1 saturated carbocycles. The average Bonchev–Trinajstić information content (AvgIpc) is 3.38. The molecule has 3 heterocycles. The zero-order valence-corrected chi connectivity index (χ0v) is 19.1. The molecule has 0 saturated heterocycles. The topological polar surface area (TPSA) is 61.1 Å². The van der Waals surface area contributed by atoms with Crippen LogP contribution in [0.15, 0.2) is 61.2 Å². The lowest BCUT2D eigenvalue weighted by molar-refractivity contribution is 0.102. The maximum atomic E-state index is 14.9. The standard InChI is InChI=1S/C27H25FN4O2/c1-16-11-21(28)20(12-25(16)31-13-23(29-15-31)18-8-9-18)27(33)30-22-6-3-5-19-24-7-4-10-32(24)17(2)14-34-26(19)22/h3-7,10-13,15,17-18H,8-9,14H2,1-2H3,(H,30,33)/t17-/m1/s1. The van der Waals surface area contributed by atoms with E-state index in [-0.39, 0.29) is 11.6 Å². The van der Waals surface area contributed by atoms with Gasteiger partial charge in [-0.2, -0.15) is 0 Å². The Labute approximate surface area is 197 Å². The molecule has 0 spiro atoms. The van der Waals surface area contributed by atoms with Gasteiger partial charge in [0, 0.05) is 23.9 Å². The Morgan fingerprint density at radius 2 is 2.06 bits per heavy atom. The molecule has 1 fully saturated rings. The summed E-state index contributed by atoms with van der Waals surface area (Å²) in [4.78, 5) is 17.7. The SMILES string of the molecule is Cc1cc(F)c(C(=O)Nc2cccc3c2OC[C@@H](C)n2cccc2-3)cc1-n1cnc(C2CC2)c1. The fourth-order valence-corrected chi connectivity index (χ4v) is 4.65. The van der Waals surface area contributed by atoms with Crippen LogP contribution in [-0.4, -0.2) is 26.6 Å². The normalized spacial score (nSPS) is 16.9. The number of halogens is 1. The minimum absolute atomic E-state index is 0.0229. The Morgan fingerprint density at radius 3 is 2.88 bits per heavy atom. The van der Waals surface area contributed by atoms with Crippen LogP contribution >= 0.6 is 0 Å². The molecule has 0 unspecified atom stereocenters. The Bertz CT molecular complexity index is 1420. The van der Waals surface area contributed by atoms with Crippen molar-refractivity contribution in [3.63, 3.8) is 0 Å². The first kappa shape index (κ1) is 20.7. The molecule has 1 aliphatic heterocycles. The zero-order valence-electron chi connectivity index (χ0n) is 19.1. The van der Waals surface area contributed by atoms with E-state index < -0.39 is 11.7 Å². The number of amides is 1. The zero-order chi connectivity index (χ0) is 23.4. The third kappa shape index (κ3) is 3.48. The van der Waals surface area contributed by atoms with Crippen molar-refractivity contribution in [2.75, 3.05) is 11.9 Å². The third-order valence-electron chi connectivity index (χ3n) is 6.67. The molecule has 172 valence electrons. The number of aromatic nitrogens is 3. The number of para-hydroxylation sites is 1. The number of carbonyl (C=O) groups excluding carboxylic acids is 1. The number of hydrogen-bond acceptors (Lipinski definition) is 3. The van der Waals surface area contributed by atoms with Crippen molar-refractivity contribution >= 4 is 11.6 Å². The van der Waals surface area contributed by atoms with Crippen LogP contribution in [0.2, 0.25) is 0 Å². The number of nitrogens with zero attached hydrogens (tertiary/aromatic N) is 3. The average molecular weight is 457 g/mol. The van der Waals surface area contributed by atoms with Crippen molar-refractivity contribution in [3.8, 4) is 22.7 Å². The van der Waals surface area contributed by atoms with Gasteiger partial charge >= 0.3 is 0 Å². The molecule has 2 aromatic heterocycles. The highest BCUT2D eigenvalue weighted by molar-refractivity contribution is 6.06. The van der Waals surface area contributed by atoms with Crippen molar-refractivity contribution in [1.82, 2.24) is 14.1 Å². The number of aryl methyl sites for hydroxylation is 1. The summed E-state index contributed by atoms with van der Waals surface area (Å²) in [5.41, 5.74) is 4.92. The summed E-state index contributed by atoms with van der Waals surface area (Å²) in [6.45, 7) is 4.38. The van der Waals surface area contributed by atoms with Gasteiger partial charge in [-0.1, -0.05) is 6.07 Å². The van der Waals surface area contributed by atoms with E-state index in [1.54, 1.807) is 18.5 Å². The van der Waals surface area contributed by atoms with E-state index in [0.717, 1.165) is 41.0 Å². The second-order valence-electron chi connectivity index (χ2n) is 9.20. The van der Waals surface area contributed by atoms with Crippen LogP contribution in [0.1, 0.15) is 53.3 Å². The van der Waals surface area contributed by atoms with Gasteiger partial charge < -0.3 is 19.2 Å². The Hall–Kier alpha value is -3.87. The number of anilines is 1. The van der Waals surface area contributed by atoms with Gasteiger partial charge in [-0.05, 0) is 68.7 Å². The van der Waals surface area contributed by atoms with Crippen LogP contribution in [0.4, 0.5) is 10.1 Å². The number of carbonyl (C=O) groups is 1. The van der Waals surface area contributed by atoms with E-state index >= 15 is 0 Å². The first-order valence-corrected chi connectivity index (χ1v) is 11.6. The highest BCUT2D eigenvalue weighted by atomic mass is 19.1.